The number of rotatable bonds is 10. The Morgan fingerprint density at radius 3 is 1.40 bits per heavy atom. The molecule has 0 saturated heterocycles. The van der Waals surface area contributed by atoms with E-state index in [-0.39, 0.29) is 12.2 Å². The third-order valence-corrected chi connectivity index (χ3v) is 2.82. The van der Waals surface area contributed by atoms with Gasteiger partial charge in [-0.05, 0) is 25.7 Å². The zero-order chi connectivity index (χ0) is 11.5. The molecule has 0 aromatic carbocycles. The van der Waals surface area contributed by atoms with Gasteiger partial charge >= 0.3 is 0 Å². The highest BCUT2D eigenvalue weighted by molar-refractivity contribution is 4.58. The Morgan fingerprint density at radius 2 is 1.07 bits per heavy atom. The molecule has 0 spiro atoms. The van der Waals surface area contributed by atoms with Crippen LogP contribution in [-0.4, -0.2) is 22.4 Å². The lowest BCUT2D eigenvalue weighted by Gasteiger charge is -2.10. The third-order valence-electron chi connectivity index (χ3n) is 2.82. The summed E-state index contributed by atoms with van der Waals surface area (Å²) in [5, 5.41) is 19.0. The Labute approximate surface area is 94.7 Å². The number of unbranched alkanes of at least 4 members (excludes halogenated alkanes) is 2. The van der Waals surface area contributed by atoms with Crippen LogP contribution in [0.25, 0.3) is 0 Å². The molecule has 0 saturated carbocycles. The predicted octanol–water partition coefficient (Wildman–Crippen LogP) is 3.26. The lowest BCUT2D eigenvalue weighted by atomic mass is 10.0. The minimum atomic E-state index is -0.101. The van der Waals surface area contributed by atoms with E-state index in [0.29, 0.717) is 0 Å². The average Bonchev–Trinajstić information content (AvgIpc) is 2.18. The molecule has 0 fully saturated rings. The quantitative estimate of drug-likeness (QED) is 0.550. The first-order valence-electron chi connectivity index (χ1n) is 6.56. The van der Waals surface area contributed by atoms with Gasteiger partial charge in [-0.25, -0.2) is 0 Å². The molecule has 2 heteroatoms. The van der Waals surface area contributed by atoms with Crippen molar-refractivity contribution in [2.45, 2.75) is 83.8 Å². The molecule has 0 radical (unpaired) electrons. The summed E-state index contributed by atoms with van der Waals surface area (Å²) in [6.07, 6.45) is 8.98. The maximum absolute atomic E-state index is 9.49. The molecule has 0 aromatic rings. The van der Waals surface area contributed by atoms with Gasteiger partial charge in [0.2, 0.25) is 0 Å². The smallest absolute Gasteiger partial charge is 0.0540 e. The first kappa shape index (κ1) is 14.9. The van der Waals surface area contributed by atoms with Crippen molar-refractivity contribution in [1.29, 1.82) is 0 Å². The minimum absolute atomic E-state index is 0.101. The fourth-order valence-electron chi connectivity index (χ4n) is 1.89. The van der Waals surface area contributed by atoms with E-state index < -0.39 is 0 Å². The molecule has 2 unspecified atom stereocenters. The van der Waals surface area contributed by atoms with Gasteiger partial charge in [0.05, 0.1) is 12.2 Å². The normalized spacial score (nSPS) is 15.2. The zero-order valence-electron chi connectivity index (χ0n) is 10.4. The van der Waals surface area contributed by atoms with E-state index in [2.05, 4.69) is 13.8 Å². The maximum atomic E-state index is 9.49. The number of aliphatic hydroxyl groups is 2. The maximum Gasteiger partial charge on any atom is 0.0540 e. The standard InChI is InChI=1S/C13H28O2/c1-3-8-12(14)10-6-5-7-11-13(15)9-4-2/h12-15H,3-11H2,1-2H3. The van der Waals surface area contributed by atoms with Crippen LogP contribution in [0.4, 0.5) is 0 Å². The van der Waals surface area contributed by atoms with Gasteiger partial charge in [0.1, 0.15) is 0 Å². The molecule has 2 atom stereocenters. The van der Waals surface area contributed by atoms with E-state index in [4.69, 9.17) is 0 Å². The largest absolute Gasteiger partial charge is 0.393 e. The van der Waals surface area contributed by atoms with Crippen LogP contribution in [0.15, 0.2) is 0 Å². The minimum Gasteiger partial charge on any atom is -0.393 e. The molecule has 0 aliphatic carbocycles. The van der Waals surface area contributed by atoms with Crippen molar-refractivity contribution >= 4 is 0 Å². The van der Waals surface area contributed by atoms with Crippen LogP contribution in [0, 0.1) is 0 Å². The van der Waals surface area contributed by atoms with Crippen LogP contribution < -0.4 is 0 Å². The van der Waals surface area contributed by atoms with Gasteiger partial charge in [0, 0.05) is 0 Å². The van der Waals surface area contributed by atoms with E-state index in [0.717, 1.165) is 57.8 Å². The van der Waals surface area contributed by atoms with Crippen LogP contribution in [0.5, 0.6) is 0 Å². The first-order valence-corrected chi connectivity index (χ1v) is 6.56. The van der Waals surface area contributed by atoms with Crippen molar-refractivity contribution in [3.8, 4) is 0 Å². The van der Waals surface area contributed by atoms with Crippen LogP contribution in [0.2, 0.25) is 0 Å². The highest BCUT2D eigenvalue weighted by Crippen LogP contribution is 2.12. The molecular weight excluding hydrogens is 188 g/mol. The second kappa shape index (κ2) is 10.4. The van der Waals surface area contributed by atoms with E-state index in [1.165, 1.54) is 0 Å². The van der Waals surface area contributed by atoms with E-state index in [1.807, 2.05) is 0 Å². The molecular formula is C13H28O2. The Bertz CT molecular complexity index is 112. The monoisotopic (exact) mass is 216 g/mol. The zero-order valence-corrected chi connectivity index (χ0v) is 10.4. The predicted molar refractivity (Wildman–Crippen MR) is 64.9 cm³/mol. The Morgan fingerprint density at radius 1 is 0.667 bits per heavy atom. The van der Waals surface area contributed by atoms with Crippen LogP contribution in [-0.2, 0) is 0 Å². The van der Waals surface area contributed by atoms with Gasteiger partial charge in [-0.3, -0.25) is 0 Å². The second-order valence-corrected chi connectivity index (χ2v) is 4.52. The highest BCUT2D eigenvalue weighted by atomic mass is 16.3. The number of hydrogen-bond acceptors (Lipinski definition) is 2. The van der Waals surface area contributed by atoms with E-state index in [9.17, 15) is 10.2 Å². The second-order valence-electron chi connectivity index (χ2n) is 4.52. The molecule has 0 heterocycles. The van der Waals surface area contributed by atoms with Gasteiger partial charge in [0.15, 0.2) is 0 Å². The molecule has 0 aromatic heterocycles. The van der Waals surface area contributed by atoms with Gasteiger partial charge in [-0.15, -0.1) is 0 Å². The Kier molecular flexibility index (Phi) is 10.4. The van der Waals surface area contributed by atoms with Gasteiger partial charge in [-0.1, -0.05) is 46.0 Å². The van der Waals surface area contributed by atoms with Crippen molar-refractivity contribution < 1.29 is 10.2 Å². The molecule has 0 rings (SSSR count). The fraction of sp³-hybridized carbons (Fsp3) is 1.00. The number of aliphatic hydroxyl groups excluding tert-OH is 2. The van der Waals surface area contributed by atoms with Gasteiger partial charge < -0.3 is 10.2 Å². The van der Waals surface area contributed by atoms with E-state index >= 15 is 0 Å². The van der Waals surface area contributed by atoms with Gasteiger partial charge in [0.25, 0.3) is 0 Å². The van der Waals surface area contributed by atoms with Crippen LogP contribution >= 0.6 is 0 Å². The molecule has 0 amide bonds. The average molecular weight is 216 g/mol. The summed E-state index contributed by atoms with van der Waals surface area (Å²) in [6.45, 7) is 4.20. The summed E-state index contributed by atoms with van der Waals surface area (Å²) in [5.74, 6) is 0. The Balaban J connectivity index is 3.17. The third kappa shape index (κ3) is 10.2. The molecule has 92 valence electrons. The molecule has 2 N–H and O–H groups in total. The van der Waals surface area contributed by atoms with Crippen molar-refractivity contribution in [2.24, 2.45) is 0 Å². The van der Waals surface area contributed by atoms with Crippen LogP contribution in [0.1, 0.15) is 71.6 Å². The summed E-state index contributed by atoms with van der Waals surface area (Å²) in [4.78, 5) is 0. The lowest BCUT2D eigenvalue weighted by Crippen LogP contribution is -2.07. The highest BCUT2D eigenvalue weighted by Gasteiger charge is 2.04. The Hall–Kier alpha value is -0.0800. The first-order chi connectivity index (χ1) is 7.20. The van der Waals surface area contributed by atoms with Crippen LogP contribution in [0.3, 0.4) is 0 Å². The van der Waals surface area contributed by atoms with Crippen molar-refractivity contribution in [3.05, 3.63) is 0 Å². The molecule has 15 heavy (non-hydrogen) atoms. The molecule has 0 bridgehead atoms. The summed E-state index contributed by atoms with van der Waals surface area (Å²) < 4.78 is 0. The summed E-state index contributed by atoms with van der Waals surface area (Å²) in [6, 6.07) is 0. The van der Waals surface area contributed by atoms with Crippen molar-refractivity contribution in [2.75, 3.05) is 0 Å². The summed E-state index contributed by atoms with van der Waals surface area (Å²) in [7, 11) is 0. The summed E-state index contributed by atoms with van der Waals surface area (Å²) >= 11 is 0. The summed E-state index contributed by atoms with van der Waals surface area (Å²) in [5.41, 5.74) is 0. The number of hydrogen-bond donors (Lipinski definition) is 2. The van der Waals surface area contributed by atoms with Crippen molar-refractivity contribution in [3.63, 3.8) is 0 Å². The molecule has 0 aliphatic heterocycles. The van der Waals surface area contributed by atoms with Gasteiger partial charge in [-0.2, -0.15) is 0 Å². The lowest BCUT2D eigenvalue weighted by molar-refractivity contribution is 0.141. The van der Waals surface area contributed by atoms with Crippen molar-refractivity contribution in [1.82, 2.24) is 0 Å². The topological polar surface area (TPSA) is 40.5 Å². The molecule has 0 aliphatic rings. The fourth-order valence-corrected chi connectivity index (χ4v) is 1.89. The SMILES string of the molecule is CCCC(O)CCCCCC(O)CCC. The van der Waals surface area contributed by atoms with E-state index in [1.54, 1.807) is 0 Å². The molecule has 2 nitrogen and oxygen atoms in total.